The van der Waals surface area contributed by atoms with Gasteiger partial charge in [0.1, 0.15) is 11.3 Å². The van der Waals surface area contributed by atoms with E-state index in [-0.39, 0.29) is 17.9 Å². The minimum absolute atomic E-state index is 0.0503. The fraction of sp³-hybridized carbons (Fsp3) is 0.429. The molecule has 0 saturated carbocycles. The zero-order chi connectivity index (χ0) is 16.4. The molecule has 4 rings (SSSR count). The number of hydrogen-bond acceptors (Lipinski definition) is 4. The van der Waals surface area contributed by atoms with E-state index < -0.39 is 10.0 Å². The summed E-state index contributed by atoms with van der Waals surface area (Å²) in [5.74, 6) is 0.0570. The highest BCUT2D eigenvalue weighted by atomic mass is 35.5. The average molecular weight is 355 g/mol. The van der Waals surface area contributed by atoms with Gasteiger partial charge in [0.15, 0.2) is 0 Å². The van der Waals surface area contributed by atoms with E-state index in [0.29, 0.717) is 36.0 Å². The van der Waals surface area contributed by atoms with Crippen molar-refractivity contribution in [2.75, 3.05) is 25.9 Å². The van der Waals surface area contributed by atoms with Gasteiger partial charge in [0, 0.05) is 37.9 Å². The van der Waals surface area contributed by atoms with E-state index in [0.717, 1.165) is 0 Å². The highest BCUT2D eigenvalue weighted by molar-refractivity contribution is 7.88. The Morgan fingerprint density at radius 1 is 1.26 bits per heavy atom. The summed E-state index contributed by atoms with van der Waals surface area (Å²) in [5, 5.41) is 0.567. The fourth-order valence-corrected chi connectivity index (χ4v) is 4.37. The smallest absolute Gasteiger partial charge is 0.274 e. The number of aromatic nitrogens is 2. The Morgan fingerprint density at radius 3 is 2.78 bits per heavy atom. The van der Waals surface area contributed by atoms with Crippen molar-refractivity contribution in [1.29, 1.82) is 0 Å². The molecule has 2 aromatic heterocycles. The summed E-state index contributed by atoms with van der Waals surface area (Å²) < 4.78 is 26.4. The molecule has 9 heteroatoms. The van der Waals surface area contributed by atoms with Crippen molar-refractivity contribution < 1.29 is 13.2 Å². The summed E-state index contributed by atoms with van der Waals surface area (Å²) in [6.07, 6.45) is 4.55. The Hall–Kier alpha value is -1.64. The lowest BCUT2D eigenvalue weighted by molar-refractivity contribution is 0.0322. The van der Waals surface area contributed by atoms with Crippen LogP contribution in [0.25, 0.3) is 5.65 Å². The molecule has 0 radical (unpaired) electrons. The van der Waals surface area contributed by atoms with Crippen molar-refractivity contribution in [3.8, 4) is 0 Å². The number of nitrogens with zero attached hydrogens (tertiary/aromatic N) is 4. The van der Waals surface area contributed by atoms with Crippen LogP contribution in [0.3, 0.4) is 0 Å². The van der Waals surface area contributed by atoms with Crippen LogP contribution in [0.15, 0.2) is 24.5 Å². The SMILES string of the molecule is CS(=O)(=O)N1C[C@H]2CN(C(=O)c3cn4cc(Cl)ccc4n3)[C@H]2C1. The summed E-state index contributed by atoms with van der Waals surface area (Å²) in [4.78, 5) is 18.7. The summed E-state index contributed by atoms with van der Waals surface area (Å²) in [7, 11) is -3.21. The first-order valence-corrected chi connectivity index (χ1v) is 9.46. The monoisotopic (exact) mass is 354 g/mol. The molecule has 2 aliphatic rings. The Morgan fingerprint density at radius 2 is 2.04 bits per heavy atom. The van der Waals surface area contributed by atoms with Gasteiger partial charge in [-0.2, -0.15) is 4.31 Å². The number of rotatable bonds is 2. The summed E-state index contributed by atoms with van der Waals surface area (Å²) in [5.41, 5.74) is 1.00. The van der Waals surface area contributed by atoms with Crippen LogP contribution in [-0.2, 0) is 10.0 Å². The lowest BCUT2D eigenvalue weighted by atomic mass is 9.92. The van der Waals surface area contributed by atoms with Crippen LogP contribution >= 0.6 is 11.6 Å². The second-order valence-electron chi connectivity index (χ2n) is 6.10. The average Bonchev–Trinajstić information content (AvgIpc) is 3.00. The Labute approximate surface area is 138 Å². The zero-order valence-corrected chi connectivity index (χ0v) is 14.0. The predicted molar refractivity (Wildman–Crippen MR) is 84.9 cm³/mol. The normalized spacial score (nSPS) is 24.7. The maximum Gasteiger partial charge on any atom is 0.274 e. The highest BCUT2D eigenvalue weighted by Crippen LogP contribution is 2.34. The van der Waals surface area contributed by atoms with Gasteiger partial charge in [-0.1, -0.05) is 11.6 Å². The van der Waals surface area contributed by atoms with Crippen LogP contribution in [0, 0.1) is 5.92 Å². The quantitative estimate of drug-likeness (QED) is 0.795. The number of carbonyl (C=O) groups excluding carboxylic acids is 1. The first-order chi connectivity index (χ1) is 10.8. The van der Waals surface area contributed by atoms with Crippen LogP contribution in [0.2, 0.25) is 5.02 Å². The Bertz CT molecular complexity index is 910. The number of amides is 1. The first kappa shape index (κ1) is 14.9. The van der Waals surface area contributed by atoms with E-state index in [9.17, 15) is 13.2 Å². The molecule has 7 nitrogen and oxygen atoms in total. The van der Waals surface area contributed by atoms with Crippen molar-refractivity contribution in [1.82, 2.24) is 18.6 Å². The number of likely N-dealkylation sites (tertiary alicyclic amines) is 1. The molecular formula is C14H15ClN4O3S. The first-order valence-electron chi connectivity index (χ1n) is 7.23. The molecule has 0 bridgehead atoms. The van der Waals surface area contributed by atoms with Gasteiger partial charge in [0.05, 0.1) is 17.3 Å². The molecule has 1 amide bonds. The number of carbonyl (C=O) groups is 1. The van der Waals surface area contributed by atoms with E-state index in [4.69, 9.17) is 11.6 Å². The van der Waals surface area contributed by atoms with Crippen molar-refractivity contribution >= 4 is 33.2 Å². The molecule has 23 heavy (non-hydrogen) atoms. The molecule has 2 aliphatic heterocycles. The van der Waals surface area contributed by atoms with Crippen LogP contribution in [-0.4, -0.2) is 64.8 Å². The molecule has 0 spiro atoms. The van der Waals surface area contributed by atoms with Gasteiger partial charge in [-0.25, -0.2) is 13.4 Å². The number of fused-ring (bicyclic) bond motifs is 2. The van der Waals surface area contributed by atoms with Crippen LogP contribution in [0.1, 0.15) is 10.5 Å². The lowest BCUT2D eigenvalue weighted by Gasteiger charge is -2.43. The summed E-state index contributed by atoms with van der Waals surface area (Å²) in [6, 6.07) is 3.42. The van der Waals surface area contributed by atoms with Crippen LogP contribution < -0.4 is 0 Å². The fourth-order valence-electron chi connectivity index (χ4n) is 3.32. The van der Waals surface area contributed by atoms with Gasteiger partial charge in [0.2, 0.25) is 10.0 Å². The molecule has 2 atom stereocenters. The van der Waals surface area contributed by atoms with Crippen molar-refractivity contribution in [3.05, 3.63) is 35.2 Å². The maximum atomic E-state index is 12.6. The van der Waals surface area contributed by atoms with E-state index in [1.807, 2.05) is 0 Å². The zero-order valence-electron chi connectivity index (χ0n) is 12.4. The maximum absolute atomic E-state index is 12.6. The van der Waals surface area contributed by atoms with Crippen molar-refractivity contribution in [3.63, 3.8) is 0 Å². The molecule has 4 heterocycles. The third-order valence-corrected chi connectivity index (χ3v) is 6.03. The number of sulfonamides is 1. The van der Waals surface area contributed by atoms with E-state index >= 15 is 0 Å². The Kier molecular flexibility index (Phi) is 3.20. The summed E-state index contributed by atoms with van der Waals surface area (Å²) >= 11 is 5.93. The number of pyridine rings is 1. The third kappa shape index (κ3) is 2.41. The van der Waals surface area contributed by atoms with E-state index in [1.54, 1.807) is 33.8 Å². The van der Waals surface area contributed by atoms with Gasteiger partial charge >= 0.3 is 0 Å². The van der Waals surface area contributed by atoms with Gasteiger partial charge in [-0.3, -0.25) is 4.79 Å². The number of halogens is 1. The standard InChI is InChI=1S/C14H15ClN4O3S/c1-23(21,22)18-4-9-5-19(12(9)8-18)14(20)11-7-17-6-10(15)2-3-13(17)16-11/h2-3,6-7,9,12H,4-5,8H2,1H3/t9-,12-/m0/s1. The molecule has 2 aromatic rings. The minimum Gasteiger partial charge on any atom is -0.332 e. The largest absolute Gasteiger partial charge is 0.332 e. The van der Waals surface area contributed by atoms with Crippen molar-refractivity contribution in [2.24, 2.45) is 5.92 Å². The second kappa shape index (κ2) is 4.93. The van der Waals surface area contributed by atoms with Gasteiger partial charge < -0.3 is 9.30 Å². The lowest BCUT2D eigenvalue weighted by Crippen LogP contribution is -2.58. The predicted octanol–water partition coefficient (Wildman–Crippen LogP) is 0.704. The molecule has 122 valence electrons. The van der Waals surface area contributed by atoms with E-state index in [1.165, 1.54) is 10.6 Å². The molecule has 2 fully saturated rings. The Balaban J connectivity index is 1.56. The van der Waals surface area contributed by atoms with Gasteiger partial charge in [-0.15, -0.1) is 0 Å². The topological polar surface area (TPSA) is 75.0 Å². The highest BCUT2D eigenvalue weighted by Gasteiger charge is 2.50. The number of imidazole rings is 1. The van der Waals surface area contributed by atoms with Crippen molar-refractivity contribution in [2.45, 2.75) is 6.04 Å². The molecule has 2 saturated heterocycles. The van der Waals surface area contributed by atoms with E-state index in [2.05, 4.69) is 4.98 Å². The van der Waals surface area contributed by atoms with Crippen LogP contribution in [0.5, 0.6) is 0 Å². The number of hydrogen-bond donors (Lipinski definition) is 0. The third-order valence-electron chi connectivity index (χ3n) is 4.57. The van der Waals surface area contributed by atoms with Gasteiger partial charge in [0.25, 0.3) is 5.91 Å². The minimum atomic E-state index is -3.21. The van der Waals surface area contributed by atoms with Crippen LogP contribution in [0.4, 0.5) is 0 Å². The van der Waals surface area contributed by atoms with Gasteiger partial charge in [-0.05, 0) is 12.1 Å². The molecule has 0 N–H and O–H groups in total. The molecular weight excluding hydrogens is 340 g/mol. The molecule has 0 aromatic carbocycles. The molecule has 0 aliphatic carbocycles. The second-order valence-corrected chi connectivity index (χ2v) is 8.52. The molecule has 0 unspecified atom stereocenters. The summed E-state index contributed by atoms with van der Waals surface area (Å²) in [6.45, 7) is 1.44.